The lowest BCUT2D eigenvalue weighted by Gasteiger charge is -2.37. The summed E-state index contributed by atoms with van der Waals surface area (Å²) in [5.41, 5.74) is 0.849. The first-order valence-electron chi connectivity index (χ1n) is 9.69. The number of nitrogens with one attached hydrogen (secondary N) is 1. The molecule has 2 aromatic heterocycles. The van der Waals surface area contributed by atoms with Crippen LogP contribution >= 0.6 is 0 Å². The summed E-state index contributed by atoms with van der Waals surface area (Å²) in [6, 6.07) is 0.345. The smallest absolute Gasteiger partial charge is 0.237 e. The van der Waals surface area contributed by atoms with E-state index in [2.05, 4.69) is 34.7 Å². The number of hydrogen-bond acceptors (Lipinski definition) is 6. The molecule has 2 aromatic rings. The van der Waals surface area contributed by atoms with Gasteiger partial charge in [0.25, 0.3) is 0 Å². The molecule has 1 aliphatic heterocycles. The van der Waals surface area contributed by atoms with E-state index >= 15 is 0 Å². The summed E-state index contributed by atoms with van der Waals surface area (Å²) in [4.78, 5) is 21.4. The predicted molar refractivity (Wildman–Crippen MR) is 97.2 cm³/mol. The van der Waals surface area contributed by atoms with Crippen LogP contribution in [0.1, 0.15) is 44.3 Å². The molecule has 2 saturated carbocycles. The summed E-state index contributed by atoms with van der Waals surface area (Å²) < 4.78 is 2.10. The summed E-state index contributed by atoms with van der Waals surface area (Å²) in [6.45, 7) is 5.41. The summed E-state index contributed by atoms with van der Waals surface area (Å²) in [5, 5.41) is 11.9. The average molecular weight is 355 g/mol. The zero-order valence-electron chi connectivity index (χ0n) is 15.1. The van der Waals surface area contributed by atoms with Crippen molar-refractivity contribution in [2.75, 3.05) is 31.1 Å². The van der Waals surface area contributed by atoms with Crippen LogP contribution in [0.3, 0.4) is 0 Å². The van der Waals surface area contributed by atoms with Crippen LogP contribution < -0.4 is 10.2 Å². The fourth-order valence-corrected chi connectivity index (χ4v) is 3.71. The molecule has 5 rings (SSSR count). The van der Waals surface area contributed by atoms with E-state index in [1.165, 1.54) is 12.8 Å². The summed E-state index contributed by atoms with van der Waals surface area (Å²) >= 11 is 0. The Morgan fingerprint density at radius 2 is 1.92 bits per heavy atom. The molecule has 0 bridgehead atoms. The molecule has 2 aliphatic carbocycles. The molecule has 8 nitrogen and oxygen atoms in total. The molecule has 1 amide bonds. The molecule has 1 N–H and O–H groups in total. The largest absolute Gasteiger partial charge is 0.352 e. The maximum absolute atomic E-state index is 12.3. The minimum Gasteiger partial charge on any atom is -0.352 e. The zero-order chi connectivity index (χ0) is 17.7. The van der Waals surface area contributed by atoms with E-state index in [0.29, 0.717) is 12.0 Å². The maximum atomic E-state index is 12.3. The third-order valence-corrected chi connectivity index (χ3v) is 5.74. The molecule has 3 fully saturated rings. The second-order valence-electron chi connectivity index (χ2n) is 7.76. The fraction of sp³-hybridized carbons (Fsp3) is 0.667. The van der Waals surface area contributed by atoms with Crippen molar-refractivity contribution in [3.8, 4) is 0 Å². The van der Waals surface area contributed by atoms with Crippen molar-refractivity contribution in [1.82, 2.24) is 29.8 Å². The second kappa shape index (κ2) is 6.19. The SMILES string of the molecule is CC(C(=O)NC1CC1)N1CCN(c2nccn3c(C4CC4)nnc23)CC1. The normalized spacial score (nSPS) is 22.6. The Balaban J connectivity index is 1.28. The number of carbonyl (C=O) groups is 1. The standard InChI is InChI=1S/C18H25N7O/c1-12(18(26)20-14-4-5-14)23-8-10-24(11-9-23)16-17-22-21-15(13-2-3-13)25(17)7-6-19-16/h6-7,12-14H,2-5,8-11H2,1H3,(H,20,26). The first-order chi connectivity index (χ1) is 12.7. The second-order valence-corrected chi connectivity index (χ2v) is 7.76. The number of aromatic nitrogens is 4. The Hall–Kier alpha value is -2.22. The molecule has 1 saturated heterocycles. The highest BCUT2D eigenvalue weighted by Gasteiger charge is 2.32. The van der Waals surface area contributed by atoms with Gasteiger partial charge >= 0.3 is 0 Å². The minimum absolute atomic E-state index is 0.0731. The van der Waals surface area contributed by atoms with Crippen LogP contribution in [0.15, 0.2) is 12.4 Å². The van der Waals surface area contributed by atoms with Gasteiger partial charge in [-0.3, -0.25) is 14.1 Å². The number of fused-ring (bicyclic) bond motifs is 1. The number of carbonyl (C=O) groups excluding carboxylic acids is 1. The summed E-state index contributed by atoms with van der Waals surface area (Å²) in [7, 11) is 0. The van der Waals surface area contributed by atoms with E-state index in [0.717, 1.165) is 56.3 Å². The van der Waals surface area contributed by atoms with E-state index in [-0.39, 0.29) is 11.9 Å². The third-order valence-electron chi connectivity index (χ3n) is 5.74. The van der Waals surface area contributed by atoms with Crippen molar-refractivity contribution < 1.29 is 4.79 Å². The molecule has 1 unspecified atom stereocenters. The van der Waals surface area contributed by atoms with E-state index in [9.17, 15) is 4.79 Å². The number of nitrogens with zero attached hydrogens (tertiary/aromatic N) is 6. The van der Waals surface area contributed by atoms with Crippen LogP contribution in [0.4, 0.5) is 5.82 Å². The molecule has 3 aliphatic rings. The Bertz CT molecular complexity index is 818. The van der Waals surface area contributed by atoms with Crippen molar-refractivity contribution in [3.63, 3.8) is 0 Å². The predicted octanol–water partition coefficient (Wildman–Crippen LogP) is 0.791. The van der Waals surface area contributed by atoms with E-state index in [4.69, 9.17) is 0 Å². The fourth-order valence-electron chi connectivity index (χ4n) is 3.71. The molecule has 0 spiro atoms. The highest BCUT2D eigenvalue weighted by molar-refractivity contribution is 5.82. The van der Waals surface area contributed by atoms with Crippen molar-refractivity contribution in [1.29, 1.82) is 0 Å². The number of anilines is 1. The Labute approximate surface area is 152 Å². The number of piperazine rings is 1. The van der Waals surface area contributed by atoms with Gasteiger partial charge in [0.2, 0.25) is 11.6 Å². The van der Waals surface area contributed by atoms with Gasteiger partial charge in [-0.15, -0.1) is 10.2 Å². The van der Waals surface area contributed by atoms with Gasteiger partial charge in [0.15, 0.2) is 5.82 Å². The third kappa shape index (κ3) is 2.92. The Kier molecular flexibility index (Phi) is 3.81. The average Bonchev–Trinajstić information content (AvgIpc) is 3.61. The van der Waals surface area contributed by atoms with Crippen LogP contribution in [0.2, 0.25) is 0 Å². The van der Waals surface area contributed by atoms with Crippen molar-refractivity contribution in [2.45, 2.75) is 50.6 Å². The first kappa shape index (κ1) is 16.0. The first-order valence-corrected chi connectivity index (χ1v) is 9.69. The van der Waals surface area contributed by atoms with Gasteiger partial charge in [0.05, 0.1) is 6.04 Å². The monoisotopic (exact) mass is 355 g/mol. The Morgan fingerprint density at radius 3 is 2.62 bits per heavy atom. The van der Waals surface area contributed by atoms with Gasteiger partial charge in [-0.1, -0.05) is 0 Å². The van der Waals surface area contributed by atoms with E-state index < -0.39 is 0 Å². The molecule has 138 valence electrons. The topological polar surface area (TPSA) is 78.7 Å². The van der Waals surface area contributed by atoms with Crippen LogP contribution in [0.5, 0.6) is 0 Å². The van der Waals surface area contributed by atoms with Crippen LogP contribution in [-0.4, -0.2) is 68.7 Å². The molecular weight excluding hydrogens is 330 g/mol. The lowest BCUT2D eigenvalue weighted by Crippen LogP contribution is -2.54. The van der Waals surface area contributed by atoms with Crippen molar-refractivity contribution >= 4 is 17.4 Å². The molecular formula is C18H25N7O. The van der Waals surface area contributed by atoms with Crippen LogP contribution in [0.25, 0.3) is 5.65 Å². The van der Waals surface area contributed by atoms with Gasteiger partial charge in [-0.05, 0) is 32.6 Å². The molecule has 26 heavy (non-hydrogen) atoms. The summed E-state index contributed by atoms with van der Waals surface area (Å²) in [6.07, 6.45) is 8.48. The van der Waals surface area contributed by atoms with Gasteiger partial charge in [-0.25, -0.2) is 4.98 Å². The van der Waals surface area contributed by atoms with E-state index in [1.54, 1.807) is 0 Å². The lowest BCUT2D eigenvalue weighted by molar-refractivity contribution is -0.126. The Morgan fingerprint density at radius 1 is 1.15 bits per heavy atom. The lowest BCUT2D eigenvalue weighted by atomic mass is 10.2. The van der Waals surface area contributed by atoms with Gasteiger partial charge in [0.1, 0.15) is 5.82 Å². The molecule has 3 heterocycles. The number of amides is 1. The van der Waals surface area contributed by atoms with Crippen LogP contribution in [0, 0.1) is 0 Å². The number of hydrogen-bond donors (Lipinski definition) is 1. The molecule has 8 heteroatoms. The zero-order valence-corrected chi connectivity index (χ0v) is 15.1. The minimum atomic E-state index is -0.0731. The molecule has 0 radical (unpaired) electrons. The highest BCUT2D eigenvalue weighted by Crippen LogP contribution is 2.39. The van der Waals surface area contributed by atoms with Gasteiger partial charge < -0.3 is 10.2 Å². The molecule has 0 aromatic carbocycles. The van der Waals surface area contributed by atoms with Gasteiger partial charge in [-0.2, -0.15) is 0 Å². The number of rotatable bonds is 5. The van der Waals surface area contributed by atoms with Gasteiger partial charge in [0, 0.05) is 50.5 Å². The van der Waals surface area contributed by atoms with E-state index in [1.807, 2.05) is 19.3 Å². The van der Waals surface area contributed by atoms with Crippen molar-refractivity contribution in [3.05, 3.63) is 18.2 Å². The quantitative estimate of drug-likeness (QED) is 0.854. The maximum Gasteiger partial charge on any atom is 0.237 e. The summed E-state index contributed by atoms with van der Waals surface area (Å²) in [5.74, 6) is 2.69. The van der Waals surface area contributed by atoms with Crippen LogP contribution in [-0.2, 0) is 4.79 Å². The van der Waals surface area contributed by atoms with Crippen molar-refractivity contribution in [2.24, 2.45) is 0 Å². The highest BCUT2D eigenvalue weighted by atomic mass is 16.2. The molecule has 1 atom stereocenters.